The minimum Gasteiger partial charge on any atom is -0.206 e. The SMILES string of the molecule is N#CC=Cc1ccc(Cl)cc1F. The topological polar surface area (TPSA) is 23.8 Å². The van der Waals surface area contributed by atoms with Crippen molar-refractivity contribution >= 4 is 17.7 Å². The summed E-state index contributed by atoms with van der Waals surface area (Å²) < 4.78 is 12.9. The van der Waals surface area contributed by atoms with Crippen LogP contribution < -0.4 is 0 Å². The molecule has 0 aliphatic carbocycles. The molecule has 0 aromatic heterocycles. The number of benzene rings is 1. The second-order valence-electron chi connectivity index (χ2n) is 2.13. The first-order valence-electron chi connectivity index (χ1n) is 3.25. The van der Waals surface area contributed by atoms with E-state index in [-0.39, 0.29) is 0 Å². The third-order valence-electron chi connectivity index (χ3n) is 1.30. The van der Waals surface area contributed by atoms with Crippen molar-refractivity contribution < 1.29 is 4.39 Å². The van der Waals surface area contributed by atoms with Crippen LogP contribution >= 0.6 is 11.6 Å². The zero-order chi connectivity index (χ0) is 8.97. The fourth-order valence-corrected chi connectivity index (χ4v) is 0.923. The van der Waals surface area contributed by atoms with E-state index in [1.54, 1.807) is 12.1 Å². The third-order valence-corrected chi connectivity index (χ3v) is 1.54. The Morgan fingerprint density at radius 2 is 2.25 bits per heavy atom. The van der Waals surface area contributed by atoms with E-state index in [1.165, 1.54) is 24.3 Å². The molecule has 3 heteroatoms. The van der Waals surface area contributed by atoms with E-state index in [1.807, 2.05) is 0 Å². The standard InChI is InChI=1S/C9H5ClFN/c10-8-4-3-7(2-1-5-12)9(11)6-8/h1-4,6H. The lowest BCUT2D eigenvalue weighted by Crippen LogP contribution is -1.80. The van der Waals surface area contributed by atoms with Crippen LogP contribution in [0.5, 0.6) is 0 Å². The minimum atomic E-state index is -0.422. The Morgan fingerprint density at radius 3 is 2.83 bits per heavy atom. The predicted octanol–water partition coefficient (Wildman–Crippen LogP) is 3.02. The summed E-state index contributed by atoms with van der Waals surface area (Å²) in [6.45, 7) is 0. The molecular formula is C9H5ClFN. The highest BCUT2D eigenvalue weighted by Gasteiger charge is 1.97. The van der Waals surface area contributed by atoms with E-state index in [2.05, 4.69) is 0 Å². The first kappa shape index (κ1) is 8.76. The van der Waals surface area contributed by atoms with Crippen molar-refractivity contribution in [3.63, 3.8) is 0 Å². The van der Waals surface area contributed by atoms with Crippen molar-refractivity contribution in [3.8, 4) is 6.07 Å². The summed E-state index contributed by atoms with van der Waals surface area (Å²) in [6.07, 6.45) is 2.61. The maximum atomic E-state index is 12.9. The van der Waals surface area contributed by atoms with Crippen molar-refractivity contribution in [1.29, 1.82) is 5.26 Å². The fraction of sp³-hybridized carbons (Fsp3) is 0. The van der Waals surface area contributed by atoms with Gasteiger partial charge in [-0.15, -0.1) is 0 Å². The van der Waals surface area contributed by atoms with Crippen LogP contribution in [-0.4, -0.2) is 0 Å². The highest BCUT2D eigenvalue weighted by molar-refractivity contribution is 6.30. The molecule has 1 nitrogen and oxygen atoms in total. The van der Waals surface area contributed by atoms with Crippen LogP contribution in [-0.2, 0) is 0 Å². The van der Waals surface area contributed by atoms with Crippen LogP contribution in [0.25, 0.3) is 6.08 Å². The molecule has 0 radical (unpaired) electrons. The van der Waals surface area contributed by atoms with Gasteiger partial charge in [-0.05, 0) is 18.2 Å². The largest absolute Gasteiger partial charge is 0.206 e. The number of halogens is 2. The Labute approximate surface area is 74.7 Å². The van der Waals surface area contributed by atoms with Crippen molar-refractivity contribution in [1.82, 2.24) is 0 Å². The van der Waals surface area contributed by atoms with E-state index >= 15 is 0 Å². The van der Waals surface area contributed by atoms with E-state index in [0.717, 1.165) is 0 Å². The van der Waals surface area contributed by atoms with Gasteiger partial charge in [-0.3, -0.25) is 0 Å². The number of hydrogen-bond acceptors (Lipinski definition) is 1. The summed E-state index contributed by atoms with van der Waals surface area (Å²) in [6, 6.07) is 6.08. The average Bonchev–Trinajstić information content (AvgIpc) is 2.03. The highest BCUT2D eigenvalue weighted by atomic mass is 35.5. The molecule has 0 heterocycles. The number of rotatable bonds is 1. The Morgan fingerprint density at radius 1 is 1.50 bits per heavy atom. The van der Waals surface area contributed by atoms with Gasteiger partial charge in [0.25, 0.3) is 0 Å². The van der Waals surface area contributed by atoms with Crippen molar-refractivity contribution in [2.24, 2.45) is 0 Å². The van der Waals surface area contributed by atoms with E-state index < -0.39 is 5.82 Å². The molecule has 0 aliphatic rings. The summed E-state index contributed by atoms with van der Waals surface area (Å²) in [5, 5.41) is 8.54. The lowest BCUT2D eigenvalue weighted by Gasteiger charge is -1.95. The maximum Gasteiger partial charge on any atom is 0.131 e. The molecule has 0 saturated heterocycles. The predicted molar refractivity (Wildman–Crippen MR) is 46.1 cm³/mol. The molecule has 0 N–H and O–H groups in total. The van der Waals surface area contributed by atoms with Crippen LogP contribution in [0.1, 0.15) is 5.56 Å². The summed E-state index contributed by atoms with van der Waals surface area (Å²) in [7, 11) is 0. The van der Waals surface area contributed by atoms with E-state index in [9.17, 15) is 4.39 Å². The quantitative estimate of drug-likeness (QED) is 0.611. The lowest BCUT2D eigenvalue weighted by molar-refractivity contribution is 0.625. The van der Waals surface area contributed by atoms with Gasteiger partial charge in [-0.1, -0.05) is 17.7 Å². The molecule has 0 atom stereocenters. The molecule has 0 saturated carbocycles. The van der Waals surface area contributed by atoms with Gasteiger partial charge in [0.2, 0.25) is 0 Å². The molecule has 0 amide bonds. The van der Waals surface area contributed by atoms with E-state index in [4.69, 9.17) is 16.9 Å². The summed E-state index contributed by atoms with van der Waals surface area (Å²) in [4.78, 5) is 0. The van der Waals surface area contributed by atoms with Crippen molar-refractivity contribution in [3.05, 3.63) is 40.7 Å². The fourth-order valence-electron chi connectivity index (χ4n) is 0.764. The highest BCUT2D eigenvalue weighted by Crippen LogP contribution is 2.15. The zero-order valence-electron chi connectivity index (χ0n) is 6.09. The molecular weight excluding hydrogens is 177 g/mol. The molecule has 1 aromatic carbocycles. The second kappa shape index (κ2) is 3.89. The number of nitriles is 1. The van der Waals surface area contributed by atoms with Gasteiger partial charge >= 0.3 is 0 Å². The van der Waals surface area contributed by atoms with Crippen LogP contribution in [0.4, 0.5) is 4.39 Å². The molecule has 1 rings (SSSR count). The first-order valence-corrected chi connectivity index (χ1v) is 3.63. The molecule has 60 valence electrons. The van der Waals surface area contributed by atoms with Crippen molar-refractivity contribution in [2.45, 2.75) is 0 Å². The summed E-state index contributed by atoms with van der Waals surface area (Å²) >= 11 is 5.52. The Hall–Kier alpha value is -1.33. The van der Waals surface area contributed by atoms with Gasteiger partial charge in [0, 0.05) is 16.7 Å². The smallest absolute Gasteiger partial charge is 0.131 e. The van der Waals surface area contributed by atoms with Crippen LogP contribution in [0.2, 0.25) is 5.02 Å². The minimum absolute atomic E-state index is 0.349. The van der Waals surface area contributed by atoms with E-state index in [0.29, 0.717) is 10.6 Å². The van der Waals surface area contributed by atoms with Gasteiger partial charge in [0.1, 0.15) is 5.82 Å². The average molecular weight is 182 g/mol. The number of allylic oxidation sites excluding steroid dienone is 1. The lowest BCUT2D eigenvalue weighted by atomic mass is 10.2. The first-order chi connectivity index (χ1) is 5.74. The number of hydrogen-bond donors (Lipinski definition) is 0. The normalized spacial score (nSPS) is 10.1. The van der Waals surface area contributed by atoms with Gasteiger partial charge in [-0.25, -0.2) is 4.39 Å². The summed E-state index contributed by atoms with van der Waals surface area (Å²) in [5.74, 6) is -0.422. The number of nitrogens with zero attached hydrogens (tertiary/aromatic N) is 1. The Balaban J connectivity index is 3.03. The van der Waals surface area contributed by atoms with Crippen LogP contribution in [0.3, 0.4) is 0 Å². The second-order valence-corrected chi connectivity index (χ2v) is 2.56. The Bertz CT molecular complexity index is 352. The van der Waals surface area contributed by atoms with Gasteiger partial charge in [-0.2, -0.15) is 5.26 Å². The molecule has 0 spiro atoms. The monoisotopic (exact) mass is 181 g/mol. The van der Waals surface area contributed by atoms with Gasteiger partial charge in [0.15, 0.2) is 0 Å². The van der Waals surface area contributed by atoms with Crippen LogP contribution in [0.15, 0.2) is 24.3 Å². The van der Waals surface area contributed by atoms with Crippen LogP contribution in [0, 0.1) is 17.1 Å². The zero-order valence-corrected chi connectivity index (χ0v) is 6.85. The molecule has 0 bridgehead atoms. The molecule has 0 fully saturated rings. The van der Waals surface area contributed by atoms with Gasteiger partial charge in [0.05, 0.1) is 6.07 Å². The third kappa shape index (κ3) is 2.08. The van der Waals surface area contributed by atoms with Gasteiger partial charge < -0.3 is 0 Å². The summed E-state index contributed by atoms with van der Waals surface area (Å²) in [5.41, 5.74) is 0.362. The molecule has 12 heavy (non-hydrogen) atoms. The Kier molecular flexibility index (Phi) is 2.84. The van der Waals surface area contributed by atoms with Crippen molar-refractivity contribution in [2.75, 3.05) is 0 Å². The molecule has 0 aliphatic heterocycles. The maximum absolute atomic E-state index is 12.9. The molecule has 1 aromatic rings. The molecule has 0 unspecified atom stereocenters.